The number of carbonyl (C=O) groups is 2. The Bertz CT molecular complexity index is 842. The molecule has 0 aliphatic rings. The van der Waals surface area contributed by atoms with Crippen LogP contribution >= 0.6 is 0 Å². The van der Waals surface area contributed by atoms with E-state index in [-0.39, 0.29) is 0 Å². The van der Waals surface area contributed by atoms with Gasteiger partial charge in [0.05, 0.1) is 13.3 Å². The number of ether oxygens (including phenoxy) is 2. The molecule has 0 heterocycles. The highest BCUT2D eigenvalue weighted by Crippen LogP contribution is 2.28. The number of amides is 2. The number of hydrogen-bond donors (Lipinski definition) is 2. The number of nitrogens with one attached hydrogen (secondary N) is 2. The summed E-state index contributed by atoms with van der Waals surface area (Å²) in [6, 6.07) is 15.1. The van der Waals surface area contributed by atoms with Crippen LogP contribution in [0.5, 0.6) is 11.5 Å². The second-order valence-electron chi connectivity index (χ2n) is 7.09. The molecule has 7 heteroatoms. The summed E-state index contributed by atoms with van der Waals surface area (Å²) < 4.78 is 11.2. The predicted octanol–water partition coefficient (Wildman–Crippen LogP) is 2.64. The zero-order chi connectivity index (χ0) is 20.6. The highest BCUT2D eigenvalue weighted by molar-refractivity contribution is 6.35. The number of nitrogens with zero attached hydrogens (tertiary/aromatic N) is 1. The maximum absolute atomic E-state index is 11.7. The Morgan fingerprint density at radius 3 is 2.39 bits per heavy atom. The third-order valence-electron chi connectivity index (χ3n) is 3.50. The Morgan fingerprint density at radius 1 is 1.04 bits per heavy atom. The van der Waals surface area contributed by atoms with Gasteiger partial charge >= 0.3 is 11.8 Å². The van der Waals surface area contributed by atoms with E-state index in [9.17, 15) is 9.59 Å². The van der Waals surface area contributed by atoms with E-state index < -0.39 is 17.4 Å². The molecule has 0 aliphatic heterocycles. The Morgan fingerprint density at radius 2 is 1.75 bits per heavy atom. The average Bonchev–Trinajstić information content (AvgIpc) is 2.66. The van der Waals surface area contributed by atoms with Gasteiger partial charge in [-0.2, -0.15) is 5.10 Å². The molecule has 0 saturated carbocycles. The lowest BCUT2D eigenvalue weighted by atomic mass is 10.1. The Kier molecular flexibility index (Phi) is 7.14. The summed E-state index contributed by atoms with van der Waals surface area (Å²) in [4.78, 5) is 23.4. The van der Waals surface area contributed by atoms with Gasteiger partial charge in [0.1, 0.15) is 6.61 Å². The fourth-order valence-corrected chi connectivity index (χ4v) is 2.23. The number of rotatable bonds is 6. The number of hydrazone groups is 1. The van der Waals surface area contributed by atoms with Gasteiger partial charge in [0.15, 0.2) is 11.5 Å². The molecule has 0 bridgehead atoms. The zero-order valence-corrected chi connectivity index (χ0v) is 16.5. The van der Waals surface area contributed by atoms with Gasteiger partial charge in [-0.15, -0.1) is 0 Å². The molecule has 0 radical (unpaired) electrons. The summed E-state index contributed by atoms with van der Waals surface area (Å²) in [6.07, 6.45) is 1.42. The zero-order valence-electron chi connectivity index (χ0n) is 16.5. The fraction of sp³-hybridized carbons (Fsp3) is 0.286. The van der Waals surface area contributed by atoms with Crippen molar-refractivity contribution >= 4 is 18.0 Å². The summed E-state index contributed by atoms with van der Waals surface area (Å²) in [6.45, 7) is 5.78. The van der Waals surface area contributed by atoms with Gasteiger partial charge in [0, 0.05) is 5.54 Å². The maximum Gasteiger partial charge on any atom is 0.329 e. The molecule has 2 amide bonds. The minimum absolute atomic E-state index is 0.420. The van der Waals surface area contributed by atoms with Crippen LogP contribution in [-0.4, -0.2) is 30.7 Å². The molecule has 7 nitrogen and oxygen atoms in total. The second kappa shape index (κ2) is 9.55. The monoisotopic (exact) mass is 383 g/mol. The first-order chi connectivity index (χ1) is 13.3. The first kappa shape index (κ1) is 21.0. The van der Waals surface area contributed by atoms with E-state index in [2.05, 4.69) is 15.8 Å². The van der Waals surface area contributed by atoms with Gasteiger partial charge in [-0.1, -0.05) is 30.3 Å². The third kappa shape index (κ3) is 6.75. The molecule has 148 valence electrons. The van der Waals surface area contributed by atoms with Gasteiger partial charge in [-0.05, 0) is 50.1 Å². The lowest BCUT2D eigenvalue weighted by Gasteiger charge is -2.19. The van der Waals surface area contributed by atoms with E-state index in [0.717, 1.165) is 5.56 Å². The number of benzene rings is 2. The minimum Gasteiger partial charge on any atom is -0.493 e. The highest BCUT2D eigenvalue weighted by atomic mass is 16.5. The number of hydrogen-bond acceptors (Lipinski definition) is 5. The molecule has 0 aromatic heterocycles. The third-order valence-corrected chi connectivity index (χ3v) is 3.50. The van der Waals surface area contributed by atoms with Crippen LogP contribution in [0.15, 0.2) is 53.6 Å². The topological polar surface area (TPSA) is 89.0 Å². The van der Waals surface area contributed by atoms with Crippen LogP contribution in [0.3, 0.4) is 0 Å². The van der Waals surface area contributed by atoms with Crippen molar-refractivity contribution in [2.24, 2.45) is 5.10 Å². The minimum atomic E-state index is -0.832. The normalized spacial score (nSPS) is 11.1. The van der Waals surface area contributed by atoms with Crippen molar-refractivity contribution in [3.63, 3.8) is 0 Å². The molecule has 0 fully saturated rings. The van der Waals surface area contributed by atoms with Gasteiger partial charge in [-0.3, -0.25) is 9.59 Å². The van der Waals surface area contributed by atoms with E-state index in [1.807, 2.05) is 30.3 Å². The number of carbonyl (C=O) groups excluding carboxylic acids is 2. The smallest absolute Gasteiger partial charge is 0.329 e. The van der Waals surface area contributed by atoms with E-state index in [1.165, 1.54) is 6.21 Å². The molecular formula is C21H25N3O4. The van der Waals surface area contributed by atoms with E-state index in [0.29, 0.717) is 23.7 Å². The predicted molar refractivity (Wildman–Crippen MR) is 107 cm³/mol. The van der Waals surface area contributed by atoms with Crippen LogP contribution in [0.1, 0.15) is 31.9 Å². The SMILES string of the molecule is COc1cc(C=NNC(=O)C(=O)NC(C)(C)C)ccc1OCc1ccccc1. The second-order valence-corrected chi connectivity index (χ2v) is 7.09. The van der Waals surface area contributed by atoms with Crippen LogP contribution in [0.25, 0.3) is 0 Å². The Balaban J connectivity index is 1.96. The van der Waals surface area contributed by atoms with Gasteiger partial charge in [-0.25, -0.2) is 5.43 Å². The average molecular weight is 383 g/mol. The van der Waals surface area contributed by atoms with E-state index in [4.69, 9.17) is 9.47 Å². The van der Waals surface area contributed by atoms with Crippen molar-refractivity contribution in [2.75, 3.05) is 7.11 Å². The van der Waals surface area contributed by atoms with Gasteiger partial charge in [0.2, 0.25) is 0 Å². The molecule has 2 rings (SSSR count). The van der Waals surface area contributed by atoms with Crippen molar-refractivity contribution in [1.29, 1.82) is 0 Å². The summed E-state index contributed by atoms with van der Waals surface area (Å²) in [5.74, 6) is -0.443. The summed E-state index contributed by atoms with van der Waals surface area (Å²) >= 11 is 0. The van der Waals surface area contributed by atoms with Gasteiger partial charge in [0.25, 0.3) is 0 Å². The quantitative estimate of drug-likeness (QED) is 0.456. The maximum atomic E-state index is 11.7. The Hall–Kier alpha value is -3.35. The Labute approximate surface area is 164 Å². The highest BCUT2D eigenvalue weighted by Gasteiger charge is 2.19. The van der Waals surface area contributed by atoms with Crippen LogP contribution in [0.4, 0.5) is 0 Å². The standard InChI is InChI=1S/C21H25N3O4/c1-21(2,3)23-19(25)20(26)24-22-13-16-10-11-17(18(12-16)27-4)28-14-15-8-6-5-7-9-15/h5-13H,14H2,1-4H3,(H,23,25)(H,24,26). The summed E-state index contributed by atoms with van der Waals surface area (Å²) in [5.41, 5.74) is 3.43. The van der Waals surface area contributed by atoms with Crippen molar-refractivity contribution in [3.8, 4) is 11.5 Å². The van der Waals surface area contributed by atoms with E-state index >= 15 is 0 Å². The van der Waals surface area contributed by atoms with Crippen LogP contribution in [0.2, 0.25) is 0 Å². The van der Waals surface area contributed by atoms with Crippen LogP contribution in [0, 0.1) is 0 Å². The molecule has 2 aromatic carbocycles. The van der Waals surface area contributed by atoms with Crippen LogP contribution in [-0.2, 0) is 16.2 Å². The van der Waals surface area contributed by atoms with Gasteiger partial charge < -0.3 is 14.8 Å². The fourth-order valence-electron chi connectivity index (χ4n) is 2.23. The van der Waals surface area contributed by atoms with Crippen molar-refractivity contribution in [1.82, 2.24) is 10.7 Å². The first-order valence-corrected chi connectivity index (χ1v) is 8.79. The molecule has 0 aliphatic carbocycles. The van der Waals surface area contributed by atoms with Crippen molar-refractivity contribution in [3.05, 3.63) is 59.7 Å². The molecule has 0 saturated heterocycles. The van der Waals surface area contributed by atoms with Crippen molar-refractivity contribution in [2.45, 2.75) is 32.9 Å². The van der Waals surface area contributed by atoms with Crippen molar-refractivity contribution < 1.29 is 19.1 Å². The molecule has 28 heavy (non-hydrogen) atoms. The lowest BCUT2D eigenvalue weighted by Crippen LogP contribution is -2.47. The lowest BCUT2D eigenvalue weighted by molar-refractivity contribution is -0.140. The van der Waals surface area contributed by atoms with Crippen LogP contribution < -0.4 is 20.2 Å². The largest absolute Gasteiger partial charge is 0.493 e. The molecule has 2 N–H and O–H groups in total. The molecular weight excluding hydrogens is 358 g/mol. The molecule has 0 unspecified atom stereocenters. The number of methoxy groups -OCH3 is 1. The van der Waals surface area contributed by atoms with E-state index in [1.54, 1.807) is 46.1 Å². The molecule has 2 aromatic rings. The summed E-state index contributed by atoms with van der Waals surface area (Å²) in [5, 5.41) is 6.37. The first-order valence-electron chi connectivity index (χ1n) is 8.79. The molecule has 0 atom stereocenters. The molecule has 0 spiro atoms. The summed E-state index contributed by atoms with van der Waals surface area (Å²) in [7, 11) is 1.55.